The third kappa shape index (κ3) is 7.32. The van der Waals surface area contributed by atoms with Crippen LogP contribution in [0.2, 0.25) is 10.0 Å². The van der Waals surface area contributed by atoms with Gasteiger partial charge in [-0.25, -0.2) is 0 Å². The van der Waals surface area contributed by atoms with E-state index in [1.165, 1.54) is 0 Å². The summed E-state index contributed by atoms with van der Waals surface area (Å²) in [6.45, 7) is 6.69. The molecule has 2 aromatic carbocycles. The smallest absolute Gasteiger partial charge is 0.242 e. The van der Waals surface area contributed by atoms with Crippen LogP contribution in [0.25, 0.3) is 0 Å². The Bertz CT molecular complexity index is 856. The molecule has 1 atom stereocenters. The number of hydrogen-bond acceptors (Lipinski definition) is 2. The molecule has 2 amide bonds. The molecule has 0 spiro atoms. The van der Waals surface area contributed by atoms with Gasteiger partial charge in [-0.1, -0.05) is 71.2 Å². The Hall–Kier alpha value is -1.56. The van der Waals surface area contributed by atoms with Gasteiger partial charge in [0.05, 0.1) is 6.42 Å². The summed E-state index contributed by atoms with van der Waals surface area (Å²) in [5.41, 5.74) is 1.61. The number of benzene rings is 2. The molecule has 0 aliphatic carbocycles. The lowest BCUT2D eigenvalue weighted by Crippen LogP contribution is -2.48. The minimum Gasteiger partial charge on any atom is -0.354 e. The molecule has 2 rings (SSSR count). The van der Waals surface area contributed by atoms with Gasteiger partial charge >= 0.3 is 0 Å². The third-order valence-corrected chi connectivity index (χ3v) is 5.59. The van der Waals surface area contributed by atoms with Crippen molar-refractivity contribution in [3.8, 4) is 0 Å². The molecule has 0 aromatic heterocycles. The number of carbonyl (C=O) groups excluding carboxylic acids is 2. The minimum absolute atomic E-state index is 0.0916. The number of nitrogens with zero attached hydrogens (tertiary/aromatic N) is 1. The zero-order valence-corrected chi connectivity index (χ0v) is 19.8. The van der Waals surface area contributed by atoms with E-state index in [1.807, 2.05) is 38.1 Å². The molecule has 0 radical (unpaired) electrons. The van der Waals surface area contributed by atoms with Gasteiger partial charge in [0, 0.05) is 27.6 Å². The zero-order chi connectivity index (χ0) is 21.6. The highest BCUT2D eigenvalue weighted by atomic mass is 79.9. The van der Waals surface area contributed by atoms with Crippen LogP contribution in [-0.4, -0.2) is 29.3 Å². The van der Waals surface area contributed by atoms with Crippen molar-refractivity contribution in [2.45, 2.75) is 39.8 Å². The van der Waals surface area contributed by atoms with Gasteiger partial charge in [0.25, 0.3) is 0 Å². The molecular formula is C22H25BrCl2N2O2. The lowest BCUT2D eigenvalue weighted by atomic mass is 10.1. The van der Waals surface area contributed by atoms with Crippen LogP contribution in [-0.2, 0) is 22.6 Å². The topological polar surface area (TPSA) is 49.4 Å². The molecule has 7 heteroatoms. The first-order chi connectivity index (χ1) is 13.7. The van der Waals surface area contributed by atoms with Crippen LogP contribution in [0.1, 0.15) is 31.9 Å². The Morgan fingerprint density at radius 3 is 2.31 bits per heavy atom. The second-order valence-corrected chi connectivity index (χ2v) is 9.13. The fourth-order valence-electron chi connectivity index (χ4n) is 2.75. The quantitative estimate of drug-likeness (QED) is 0.522. The van der Waals surface area contributed by atoms with E-state index >= 15 is 0 Å². The molecule has 0 fully saturated rings. The van der Waals surface area contributed by atoms with E-state index in [2.05, 4.69) is 21.2 Å². The minimum atomic E-state index is -0.615. The van der Waals surface area contributed by atoms with Crippen molar-refractivity contribution >= 4 is 50.9 Å². The summed E-state index contributed by atoms with van der Waals surface area (Å²) in [4.78, 5) is 27.4. The zero-order valence-electron chi connectivity index (χ0n) is 16.7. The highest BCUT2D eigenvalue weighted by Gasteiger charge is 2.26. The summed E-state index contributed by atoms with van der Waals surface area (Å²) >= 11 is 15.6. The number of halogens is 3. The Labute approximate surface area is 190 Å². The number of carbonyl (C=O) groups is 2. The molecule has 0 aliphatic heterocycles. The highest BCUT2D eigenvalue weighted by molar-refractivity contribution is 9.10. The first-order valence-electron chi connectivity index (χ1n) is 9.43. The summed E-state index contributed by atoms with van der Waals surface area (Å²) in [5.74, 6) is -0.0228. The second-order valence-electron chi connectivity index (χ2n) is 7.38. The maximum atomic E-state index is 13.2. The van der Waals surface area contributed by atoms with Crippen molar-refractivity contribution in [3.63, 3.8) is 0 Å². The van der Waals surface area contributed by atoms with Gasteiger partial charge < -0.3 is 10.2 Å². The van der Waals surface area contributed by atoms with Gasteiger partial charge in [-0.2, -0.15) is 0 Å². The Morgan fingerprint density at radius 2 is 1.72 bits per heavy atom. The fourth-order valence-corrected chi connectivity index (χ4v) is 3.49. The average molecular weight is 500 g/mol. The van der Waals surface area contributed by atoms with Gasteiger partial charge in [0.1, 0.15) is 6.04 Å². The number of nitrogens with one attached hydrogen (secondary N) is 1. The van der Waals surface area contributed by atoms with E-state index < -0.39 is 6.04 Å². The number of rotatable bonds is 8. The van der Waals surface area contributed by atoms with Gasteiger partial charge in [-0.15, -0.1) is 0 Å². The van der Waals surface area contributed by atoms with Crippen LogP contribution >= 0.6 is 39.1 Å². The predicted molar refractivity (Wildman–Crippen MR) is 122 cm³/mol. The molecule has 0 aliphatic rings. The molecule has 0 heterocycles. The summed E-state index contributed by atoms with van der Waals surface area (Å²) in [5, 5.41) is 3.86. The van der Waals surface area contributed by atoms with E-state index in [9.17, 15) is 9.59 Å². The normalized spacial score (nSPS) is 12.0. The molecule has 29 heavy (non-hydrogen) atoms. The van der Waals surface area contributed by atoms with Gasteiger partial charge in [0.15, 0.2) is 0 Å². The van der Waals surface area contributed by atoms with E-state index in [0.29, 0.717) is 34.6 Å². The van der Waals surface area contributed by atoms with E-state index in [1.54, 1.807) is 30.0 Å². The van der Waals surface area contributed by atoms with Gasteiger partial charge in [0.2, 0.25) is 11.8 Å². The molecular weight excluding hydrogens is 475 g/mol. The molecule has 156 valence electrons. The summed E-state index contributed by atoms with van der Waals surface area (Å²) in [7, 11) is 0. The van der Waals surface area contributed by atoms with Crippen LogP contribution < -0.4 is 5.32 Å². The Morgan fingerprint density at radius 1 is 1.07 bits per heavy atom. The van der Waals surface area contributed by atoms with Crippen LogP contribution in [0.4, 0.5) is 0 Å². The third-order valence-electron chi connectivity index (χ3n) is 4.47. The lowest BCUT2D eigenvalue weighted by Gasteiger charge is -2.29. The van der Waals surface area contributed by atoms with Crippen molar-refractivity contribution in [1.82, 2.24) is 10.2 Å². The summed E-state index contributed by atoms with van der Waals surface area (Å²) in [6.07, 6.45) is 0.0916. The molecule has 0 unspecified atom stereocenters. The van der Waals surface area contributed by atoms with Gasteiger partial charge in [-0.05, 0) is 48.2 Å². The average Bonchev–Trinajstić information content (AvgIpc) is 2.67. The predicted octanol–water partition coefficient (Wildman–Crippen LogP) is 5.49. The van der Waals surface area contributed by atoms with E-state index in [0.717, 1.165) is 10.0 Å². The maximum absolute atomic E-state index is 13.2. The van der Waals surface area contributed by atoms with Gasteiger partial charge in [-0.3, -0.25) is 9.59 Å². The van der Waals surface area contributed by atoms with Crippen molar-refractivity contribution in [2.75, 3.05) is 6.54 Å². The van der Waals surface area contributed by atoms with Crippen molar-refractivity contribution in [2.24, 2.45) is 5.92 Å². The molecule has 0 bridgehead atoms. The standard InChI is InChI=1S/C22H25BrCl2N2O2/c1-14(2)12-26-22(29)15(3)27(13-16-4-7-18(23)8-5-16)21(28)10-17-6-9-19(24)11-20(17)25/h4-9,11,14-15H,10,12-13H2,1-3H3,(H,26,29)/t15-/m0/s1. The molecule has 2 aromatic rings. The highest BCUT2D eigenvalue weighted by Crippen LogP contribution is 2.23. The first-order valence-corrected chi connectivity index (χ1v) is 11.0. The number of hydrogen-bond donors (Lipinski definition) is 1. The van der Waals surface area contributed by atoms with Crippen LogP contribution in [0.5, 0.6) is 0 Å². The van der Waals surface area contributed by atoms with Crippen molar-refractivity contribution < 1.29 is 9.59 Å². The molecule has 0 saturated carbocycles. The summed E-state index contributed by atoms with van der Waals surface area (Å²) < 4.78 is 0.954. The largest absolute Gasteiger partial charge is 0.354 e. The molecule has 0 saturated heterocycles. The van der Waals surface area contributed by atoms with Crippen LogP contribution in [0.15, 0.2) is 46.9 Å². The SMILES string of the molecule is CC(C)CNC(=O)[C@H](C)N(Cc1ccc(Br)cc1)C(=O)Cc1ccc(Cl)cc1Cl. The van der Waals surface area contributed by atoms with Crippen molar-refractivity contribution in [3.05, 3.63) is 68.1 Å². The maximum Gasteiger partial charge on any atom is 0.242 e. The lowest BCUT2D eigenvalue weighted by molar-refractivity contribution is -0.140. The molecule has 1 N–H and O–H groups in total. The van der Waals surface area contributed by atoms with E-state index in [-0.39, 0.29) is 18.2 Å². The van der Waals surface area contributed by atoms with Crippen molar-refractivity contribution in [1.29, 1.82) is 0 Å². The Balaban J connectivity index is 2.23. The van der Waals surface area contributed by atoms with Crippen LogP contribution in [0.3, 0.4) is 0 Å². The fraction of sp³-hybridized carbons (Fsp3) is 0.364. The monoisotopic (exact) mass is 498 g/mol. The van der Waals surface area contributed by atoms with Crippen LogP contribution in [0, 0.1) is 5.92 Å². The Kier molecular flexibility index (Phi) is 9.00. The number of amides is 2. The molecule has 4 nitrogen and oxygen atoms in total. The first kappa shape index (κ1) is 23.7. The van der Waals surface area contributed by atoms with E-state index in [4.69, 9.17) is 23.2 Å². The summed E-state index contributed by atoms with van der Waals surface area (Å²) in [6, 6.07) is 12.1. The second kappa shape index (κ2) is 11.0.